The van der Waals surface area contributed by atoms with Gasteiger partial charge in [-0.05, 0) is 32.3 Å². The minimum absolute atomic E-state index is 0.327. The number of anilines is 2. The van der Waals surface area contributed by atoms with Gasteiger partial charge < -0.3 is 20.5 Å². The minimum atomic E-state index is -0.649. The molecule has 6 heteroatoms. The number of nitrogen functional groups attached to an aromatic ring is 1. The monoisotopic (exact) mass is 279 g/mol. The van der Waals surface area contributed by atoms with Crippen molar-refractivity contribution in [3.8, 4) is 0 Å². The Morgan fingerprint density at radius 1 is 1.50 bits per heavy atom. The lowest BCUT2D eigenvalue weighted by atomic mass is 9.98. The zero-order chi connectivity index (χ0) is 14.8. The van der Waals surface area contributed by atoms with E-state index in [0.717, 1.165) is 19.4 Å². The van der Waals surface area contributed by atoms with Crippen molar-refractivity contribution in [1.29, 1.82) is 0 Å². The number of carbonyl (C=O) groups excluding carboxylic acids is 1. The number of aromatic nitrogens is 1. The largest absolute Gasteiger partial charge is 0.465 e. The smallest absolute Gasteiger partial charge is 0.340 e. The average Bonchev–Trinajstić information content (AvgIpc) is 2.59. The first kappa shape index (κ1) is 14.6. The summed E-state index contributed by atoms with van der Waals surface area (Å²) in [5.41, 5.74) is 6.05. The van der Waals surface area contributed by atoms with Crippen molar-refractivity contribution in [2.75, 3.05) is 30.8 Å². The summed E-state index contributed by atoms with van der Waals surface area (Å²) >= 11 is 0. The van der Waals surface area contributed by atoms with Gasteiger partial charge in [0.1, 0.15) is 0 Å². The van der Waals surface area contributed by atoms with Crippen molar-refractivity contribution < 1.29 is 14.6 Å². The topological polar surface area (TPSA) is 88.7 Å². The number of methoxy groups -OCH3 is 1. The number of aliphatic hydroxyl groups is 1. The van der Waals surface area contributed by atoms with Crippen LogP contribution in [0.2, 0.25) is 0 Å². The fraction of sp³-hybridized carbons (Fsp3) is 0.571. The minimum Gasteiger partial charge on any atom is -0.465 e. The molecule has 1 aliphatic rings. The highest BCUT2D eigenvalue weighted by molar-refractivity contribution is 5.97. The van der Waals surface area contributed by atoms with E-state index in [2.05, 4.69) is 4.98 Å². The molecule has 0 radical (unpaired) electrons. The summed E-state index contributed by atoms with van der Waals surface area (Å²) in [5.74, 6) is 0.124. The molecule has 1 fully saturated rings. The molecule has 0 amide bonds. The number of pyridine rings is 1. The average molecular weight is 279 g/mol. The van der Waals surface area contributed by atoms with Crippen LogP contribution >= 0.6 is 0 Å². The van der Waals surface area contributed by atoms with E-state index in [0.29, 0.717) is 30.0 Å². The molecule has 1 aromatic heterocycles. The van der Waals surface area contributed by atoms with Crippen molar-refractivity contribution in [1.82, 2.24) is 4.98 Å². The Hall–Kier alpha value is -1.82. The van der Waals surface area contributed by atoms with Crippen LogP contribution in [0.4, 0.5) is 11.5 Å². The Labute approximate surface area is 118 Å². The van der Waals surface area contributed by atoms with Crippen LogP contribution in [0.5, 0.6) is 0 Å². The van der Waals surface area contributed by atoms with Crippen LogP contribution in [-0.4, -0.2) is 41.9 Å². The SMILES string of the molecule is COC(=O)c1ccnc(N2CCCC(C)(O)CC2)c1N. The van der Waals surface area contributed by atoms with Crippen LogP contribution in [0.25, 0.3) is 0 Å². The highest BCUT2D eigenvalue weighted by Gasteiger charge is 2.27. The van der Waals surface area contributed by atoms with Gasteiger partial charge in [-0.2, -0.15) is 0 Å². The van der Waals surface area contributed by atoms with Crippen molar-refractivity contribution in [2.24, 2.45) is 0 Å². The number of hydrogen-bond acceptors (Lipinski definition) is 6. The number of nitrogens with zero attached hydrogens (tertiary/aromatic N) is 2. The molecule has 0 spiro atoms. The molecule has 2 heterocycles. The zero-order valence-electron chi connectivity index (χ0n) is 11.9. The Balaban J connectivity index is 2.27. The van der Waals surface area contributed by atoms with Crippen LogP contribution in [0.15, 0.2) is 12.3 Å². The molecule has 0 bridgehead atoms. The quantitative estimate of drug-likeness (QED) is 0.791. The predicted octanol–water partition coefficient (Wildman–Crippen LogP) is 1.19. The molecule has 0 aromatic carbocycles. The van der Waals surface area contributed by atoms with E-state index in [1.807, 2.05) is 11.8 Å². The van der Waals surface area contributed by atoms with Crippen molar-refractivity contribution in [3.63, 3.8) is 0 Å². The van der Waals surface area contributed by atoms with Crippen molar-refractivity contribution in [3.05, 3.63) is 17.8 Å². The van der Waals surface area contributed by atoms with E-state index in [1.54, 1.807) is 12.3 Å². The maximum absolute atomic E-state index is 11.7. The lowest BCUT2D eigenvalue weighted by Crippen LogP contribution is -2.29. The van der Waals surface area contributed by atoms with Gasteiger partial charge in [0.15, 0.2) is 5.82 Å². The van der Waals surface area contributed by atoms with Crippen molar-refractivity contribution >= 4 is 17.5 Å². The number of carbonyl (C=O) groups is 1. The number of nitrogens with two attached hydrogens (primary N) is 1. The molecular weight excluding hydrogens is 258 g/mol. The van der Waals surface area contributed by atoms with Crippen LogP contribution in [0.3, 0.4) is 0 Å². The second kappa shape index (κ2) is 5.66. The van der Waals surface area contributed by atoms with Gasteiger partial charge in [0, 0.05) is 19.3 Å². The summed E-state index contributed by atoms with van der Waals surface area (Å²) in [6.45, 7) is 3.27. The third-order valence-electron chi connectivity index (χ3n) is 3.74. The lowest BCUT2D eigenvalue weighted by Gasteiger charge is -2.24. The van der Waals surface area contributed by atoms with Gasteiger partial charge in [-0.3, -0.25) is 0 Å². The summed E-state index contributed by atoms with van der Waals surface area (Å²) in [6, 6.07) is 1.55. The molecule has 2 rings (SSSR count). The first-order valence-corrected chi connectivity index (χ1v) is 6.75. The van der Waals surface area contributed by atoms with Gasteiger partial charge in [-0.1, -0.05) is 0 Å². The van der Waals surface area contributed by atoms with Gasteiger partial charge in [-0.15, -0.1) is 0 Å². The third kappa shape index (κ3) is 3.01. The van der Waals surface area contributed by atoms with E-state index in [1.165, 1.54) is 7.11 Å². The predicted molar refractivity (Wildman–Crippen MR) is 76.7 cm³/mol. The number of esters is 1. The zero-order valence-corrected chi connectivity index (χ0v) is 11.9. The summed E-state index contributed by atoms with van der Waals surface area (Å²) in [5, 5.41) is 10.1. The number of ether oxygens (including phenoxy) is 1. The lowest BCUT2D eigenvalue weighted by molar-refractivity contribution is 0.0481. The maximum atomic E-state index is 11.7. The Kier molecular flexibility index (Phi) is 4.13. The fourth-order valence-electron chi connectivity index (χ4n) is 2.48. The first-order chi connectivity index (χ1) is 9.44. The molecular formula is C14H21N3O3. The molecule has 1 atom stereocenters. The molecule has 1 aromatic rings. The normalized spacial score (nSPS) is 23.2. The molecule has 3 N–H and O–H groups in total. The Bertz CT molecular complexity index is 502. The highest BCUT2D eigenvalue weighted by atomic mass is 16.5. The molecule has 20 heavy (non-hydrogen) atoms. The van der Waals surface area contributed by atoms with Gasteiger partial charge in [0.05, 0.1) is 24.0 Å². The van der Waals surface area contributed by atoms with Crippen molar-refractivity contribution in [2.45, 2.75) is 31.8 Å². The summed E-state index contributed by atoms with van der Waals surface area (Å²) < 4.78 is 4.71. The van der Waals surface area contributed by atoms with Gasteiger partial charge in [0.2, 0.25) is 0 Å². The van der Waals surface area contributed by atoms with E-state index in [9.17, 15) is 9.90 Å². The molecule has 6 nitrogen and oxygen atoms in total. The van der Waals surface area contributed by atoms with Crippen LogP contribution in [0, 0.1) is 0 Å². The van der Waals surface area contributed by atoms with Gasteiger partial charge in [0.25, 0.3) is 0 Å². The molecule has 1 unspecified atom stereocenters. The van der Waals surface area contributed by atoms with Crippen LogP contribution < -0.4 is 10.6 Å². The standard InChI is InChI=1S/C14H21N3O3/c1-14(19)5-3-8-17(9-6-14)12-11(15)10(4-7-16-12)13(18)20-2/h4,7,19H,3,5-6,8-9,15H2,1-2H3. The highest BCUT2D eigenvalue weighted by Crippen LogP contribution is 2.29. The van der Waals surface area contributed by atoms with E-state index in [4.69, 9.17) is 10.5 Å². The van der Waals surface area contributed by atoms with E-state index >= 15 is 0 Å². The summed E-state index contributed by atoms with van der Waals surface area (Å²) in [4.78, 5) is 17.9. The summed E-state index contributed by atoms with van der Waals surface area (Å²) in [7, 11) is 1.32. The van der Waals surface area contributed by atoms with Crippen LogP contribution in [0.1, 0.15) is 36.5 Å². The number of rotatable bonds is 2. The maximum Gasteiger partial charge on any atom is 0.340 e. The second-order valence-electron chi connectivity index (χ2n) is 5.42. The first-order valence-electron chi connectivity index (χ1n) is 6.75. The molecule has 0 aliphatic carbocycles. The second-order valence-corrected chi connectivity index (χ2v) is 5.42. The molecule has 1 saturated heterocycles. The van der Waals surface area contributed by atoms with Gasteiger partial charge >= 0.3 is 5.97 Å². The Morgan fingerprint density at radius 2 is 2.25 bits per heavy atom. The molecule has 110 valence electrons. The van der Waals surface area contributed by atoms with Gasteiger partial charge in [-0.25, -0.2) is 9.78 Å². The molecule has 1 aliphatic heterocycles. The Morgan fingerprint density at radius 3 is 2.95 bits per heavy atom. The summed E-state index contributed by atoms with van der Waals surface area (Å²) in [6.07, 6.45) is 3.81. The number of hydrogen-bond donors (Lipinski definition) is 2. The van der Waals surface area contributed by atoms with E-state index < -0.39 is 11.6 Å². The third-order valence-corrected chi connectivity index (χ3v) is 3.74. The fourth-order valence-corrected chi connectivity index (χ4v) is 2.48. The molecule has 0 saturated carbocycles. The van der Waals surface area contributed by atoms with Crippen LogP contribution in [-0.2, 0) is 4.74 Å². The van der Waals surface area contributed by atoms with E-state index in [-0.39, 0.29) is 0 Å².